The molecule has 0 aliphatic rings. The Labute approximate surface area is 79.6 Å². The average molecular weight is 195 g/mol. The fourth-order valence-corrected chi connectivity index (χ4v) is 1.51. The smallest absolute Gasteiger partial charge is 0.182 e. The number of aryl methyl sites for hydroxylation is 1. The molecule has 2 heterocycles. The van der Waals surface area contributed by atoms with Gasteiger partial charge in [0.1, 0.15) is 11.5 Å². The van der Waals surface area contributed by atoms with Crippen molar-refractivity contribution in [2.75, 3.05) is 5.32 Å². The lowest BCUT2D eigenvalue weighted by Gasteiger charge is -1.96. The highest BCUT2D eigenvalue weighted by atomic mass is 32.1. The van der Waals surface area contributed by atoms with Crippen molar-refractivity contribution in [3.63, 3.8) is 0 Å². The summed E-state index contributed by atoms with van der Waals surface area (Å²) >= 11 is 1.57. The van der Waals surface area contributed by atoms with Crippen LogP contribution in [0.1, 0.15) is 11.5 Å². The van der Waals surface area contributed by atoms with Crippen molar-refractivity contribution in [1.29, 1.82) is 0 Å². The van der Waals surface area contributed by atoms with Gasteiger partial charge in [0, 0.05) is 17.6 Å². The minimum atomic E-state index is 0.658. The molecule has 0 spiro atoms. The second kappa shape index (κ2) is 3.57. The van der Waals surface area contributed by atoms with E-state index in [2.05, 4.69) is 15.5 Å². The summed E-state index contributed by atoms with van der Waals surface area (Å²) in [5, 5.41) is 9.82. The Morgan fingerprint density at radius 3 is 3.15 bits per heavy atom. The van der Waals surface area contributed by atoms with Crippen LogP contribution in [-0.4, -0.2) is 10.1 Å². The second-order valence-corrected chi connectivity index (χ2v) is 3.51. The lowest BCUT2D eigenvalue weighted by atomic mass is 10.4. The molecular weight excluding hydrogens is 186 g/mol. The molecule has 4 nitrogen and oxygen atoms in total. The van der Waals surface area contributed by atoms with Crippen LogP contribution in [-0.2, 0) is 6.54 Å². The summed E-state index contributed by atoms with van der Waals surface area (Å²) in [5.41, 5.74) is 0.896. The Balaban J connectivity index is 1.93. The minimum absolute atomic E-state index is 0.658. The summed E-state index contributed by atoms with van der Waals surface area (Å²) in [6.45, 7) is 2.53. The molecule has 2 rings (SSSR count). The molecule has 2 aromatic heterocycles. The average Bonchev–Trinajstić information content (AvgIpc) is 2.71. The van der Waals surface area contributed by atoms with Gasteiger partial charge in [-0.15, -0.1) is 11.3 Å². The molecule has 0 unspecified atom stereocenters. The van der Waals surface area contributed by atoms with Gasteiger partial charge in [0.15, 0.2) is 5.13 Å². The van der Waals surface area contributed by atoms with E-state index in [9.17, 15) is 0 Å². The Hall–Kier alpha value is -1.36. The molecule has 0 atom stereocenters. The molecule has 0 saturated heterocycles. The zero-order chi connectivity index (χ0) is 9.10. The van der Waals surface area contributed by atoms with Gasteiger partial charge in [0.25, 0.3) is 0 Å². The quantitative estimate of drug-likeness (QED) is 0.814. The first-order valence-electron chi connectivity index (χ1n) is 3.90. The number of nitrogens with zero attached hydrogens (tertiary/aromatic N) is 2. The molecule has 0 bridgehead atoms. The Kier molecular flexibility index (Phi) is 2.27. The highest BCUT2D eigenvalue weighted by Gasteiger charge is 2.00. The molecule has 1 N–H and O–H groups in total. The van der Waals surface area contributed by atoms with Crippen LogP contribution in [0.25, 0.3) is 0 Å². The summed E-state index contributed by atoms with van der Waals surface area (Å²) in [7, 11) is 0. The predicted octanol–water partition coefficient (Wildman–Crippen LogP) is 2.05. The largest absolute Gasteiger partial charge is 0.361 e. The third kappa shape index (κ3) is 2.06. The van der Waals surface area contributed by atoms with Crippen LogP contribution in [0.5, 0.6) is 0 Å². The van der Waals surface area contributed by atoms with Crippen molar-refractivity contribution in [2.45, 2.75) is 13.5 Å². The fourth-order valence-electron chi connectivity index (χ4n) is 0.978. The molecule has 0 saturated carbocycles. The number of thiazole rings is 1. The van der Waals surface area contributed by atoms with Crippen molar-refractivity contribution in [1.82, 2.24) is 10.1 Å². The normalized spacial score (nSPS) is 10.2. The zero-order valence-corrected chi connectivity index (χ0v) is 7.97. The molecule has 2 aromatic rings. The summed E-state index contributed by atoms with van der Waals surface area (Å²) in [6, 6.07) is 1.90. The molecule has 13 heavy (non-hydrogen) atoms. The molecule has 68 valence electrons. The van der Waals surface area contributed by atoms with E-state index in [0.717, 1.165) is 16.6 Å². The molecule has 0 aliphatic carbocycles. The summed E-state index contributed by atoms with van der Waals surface area (Å²) in [5.74, 6) is 0.830. The lowest BCUT2D eigenvalue weighted by Crippen LogP contribution is -1.98. The van der Waals surface area contributed by atoms with E-state index in [1.54, 1.807) is 17.5 Å². The number of aromatic nitrogens is 2. The van der Waals surface area contributed by atoms with Gasteiger partial charge in [-0.2, -0.15) is 0 Å². The summed E-state index contributed by atoms with van der Waals surface area (Å²) in [6.07, 6.45) is 1.76. The van der Waals surface area contributed by atoms with Gasteiger partial charge in [0.2, 0.25) is 0 Å². The standard InChI is InChI=1S/C8H9N3OS/c1-6-4-7(11-12-6)5-10-8-9-2-3-13-8/h2-4H,5H2,1H3,(H,9,10). The SMILES string of the molecule is Cc1cc(CNc2nccs2)no1. The number of hydrogen-bond donors (Lipinski definition) is 1. The monoisotopic (exact) mass is 195 g/mol. The molecule has 0 aliphatic heterocycles. The van der Waals surface area contributed by atoms with E-state index in [4.69, 9.17) is 4.52 Å². The Morgan fingerprint density at radius 2 is 2.54 bits per heavy atom. The van der Waals surface area contributed by atoms with Gasteiger partial charge >= 0.3 is 0 Å². The van der Waals surface area contributed by atoms with E-state index in [1.165, 1.54) is 0 Å². The van der Waals surface area contributed by atoms with Crippen molar-refractivity contribution in [2.24, 2.45) is 0 Å². The van der Waals surface area contributed by atoms with Crippen LogP contribution < -0.4 is 5.32 Å². The molecule has 0 radical (unpaired) electrons. The van der Waals surface area contributed by atoms with Gasteiger partial charge in [0.05, 0.1) is 6.54 Å². The highest BCUT2D eigenvalue weighted by molar-refractivity contribution is 7.13. The zero-order valence-electron chi connectivity index (χ0n) is 7.15. The van der Waals surface area contributed by atoms with Crippen molar-refractivity contribution >= 4 is 16.5 Å². The van der Waals surface area contributed by atoms with Crippen LogP contribution in [0.3, 0.4) is 0 Å². The number of rotatable bonds is 3. The van der Waals surface area contributed by atoms with Crippen molar-refractivity contribution in [3.8, 4) is 0 Å². The van der Waals surface area contributed by atoms with Crippen LogP contribution >= 0.6 is 11.3 Å². The van der Waals surface area contributed by atoms with E-state index >= 15 is 0 Å². The molecule has 5 heteroatoms. The van der Waals surface area contributed by atoms with Gasteiger partial charge < -0.3 is 9.84 Å². The van der Waals surface area contributed by atoms with Crippen molar-refractivity contribution in [3.05, 3.63) is 29.1 Å². The van der Waals surface area contributed by atoms with Crippen LogP contribution in [0.2, 0.25) is 0 Å². The number of hydrogen-bond acceptors (Lipinski definition) is 5. The second-order valence-electron chi connectivity index (χ2n) is 2.62. The summed E-state index contributed by atoms with van der Waals surface area (Å²) < 4.78 is 4.93. The first kappa shape index (κ1) is 8.25. The third-order valence-electron chi connectivity index (χ3n) is 1.53. The van der Waals surface area contributed by atoms with E-state index < -0.39 is 0 Å². The van der Waals surface area contributed by atoms with Crippen molar-refractivity contribution < 1.29 is 4.52 Å². The highest BCUT2D eigenvalue weighted by Crippen LogP contribution is 2.11. The maximum Gasteiger partial charge on any atom is 0.182 e. The first-order chi connectivity index (χ1) is 6.34. The van der Waals surface area contributed by atoms with E-state index in [1.807, 2.05) is 18.4 Å². The number of anilines is 1. The molecule has 0 amide bonds. The van der Waals surface area contributed by atoms with Gasteiger partial charge in [-0.05, 0) is 6.92 Å². The van der Waals surface area contributed by atoms with Crippen LogP contribution in [0.4, 0.5) is 5.13 Å². The summed E-state index contributed by atoms with van der Waals surface area (Å²) in [4.78, 5) is 4.09. The van der Waals surface area contributed by atoms with E-state index in [-0.39, 0.29) is 0 Å². The fraction of sp³-hybridized carbons (Fsp3) is 0.250. The van der Waals surface area contributed by atoms with Gasteiger partial charge in [-0.1, -0.05) is 5.16 Å². The first-order valence-corrected chi connectivity index (χ1v) is 4.78. The van der Waals surface area contributed by atoms with Crippen LogP contribution in [0, 0.1) is 6.92 Å². The predicted molar refractivity (Wildman–Crippen MR) is 50.7 cm³/mol. The Bertz CT molecular complexity index is 368. The topological polar surface area (TPSA) is 51.0 Å². The third-order valence-corrected chi connectivity index (χ3v) is 2.26. The Morgan fingerprint density at radius 1 is 1.62 bits per heavy atom. The van der Waals surface area contributed by atoms with E-state index in [0.29, 0.717) is 6.54 Å². The maximum absolute atomic E-state index is 4.93. The minimum Gasteiger partial charge on any atom is -0.361 e. The maximum atomic E-state index is 4.93. The molecular formula is C8H9N3OS. The lowest BCUT2D eigenvalue weighted by molar-refractivity contribution is 0.391. The molecule has 0 aromatic carbocycles. The van der Waals surface area contributed by atoms with Gasteiger partial charge in [-0.25, -0.2) is 4.98 Å². The molecule has 0 fully saturated rings. The number of nitrogens with one attached hydrogen (secondary N) is 1. The van der Waals surface area contributed by atoms with Crippen LogP contribution in [0.15, 0.2) is 22.2 Å². The van der Waals surface area contributed by atoms with Gasteiger partial charge in [-0.3, -0.25) is 0 Å².